The lowest BCUT2D eigenvalue weighted by molar-refractivity contribution is 0.270. The molecule has 2 aromatic carbocycles. The minimum Gasteiger partial charge on any atom is -0.491 e. The zero-order valence-corrected chi connectivity index (χ0v) is 12.1. The van der Waals surface area contributed by atoms with Gasteiger partial charge in [0.05, 0.1) is 6.04 Å². The number of halogens is 1. The molecule has 20 heavy (non-hydrogen) atoms. The second-order valence-corrected chi connectivity index (χ2v) is 4.92. The summed E-state index contributed by atoms with van der Waals surface area (Å²) >= 11 is 0. The van der Waals surface area contributed by atoms with Gasteiger partial charge in [-0.25, -0.2) is 4.39 Å². The first-order valence-electron chi connectivity index (χ1n) is 6.73. The predicted octanol–water partition coefficient (Wildman–Crippen LogP) is 3.78. The Hall–Kier alpha value is -1.87. The average molecular weight is 273 g/mol. The van der Waals surface area contributed by atoms with Crippen molar-refractivity contribution in [3.63, 3.8) is 0 Å². The predicted molar refractivity (Wildman–Crippen MR) is 79.6 cm³/mol. The van der Waals surface area contributed by atoms with Gasteiger partial charge >= 0.3 is 0 Å². The Morgan fingerprint density at radius 1 is 1.10 bits per heavy atom. The van der Waals surface area contributed by atoms with E-state index in [1.165, 1.54) is 23.3 Å². The van der Waals surface area contributed by atoms with Gasteiger partial charge in [0, 0.05) is 6.07 Å². The largest absolute Gasteiger partial charge is 0.491 e. The molecule has 3 heteroatoms. The topological polar surface area (TPSA) is 21.3 Å². The Balaban J connectivity index is 2.12. The van der Waals surface area contributed by atoms with E-state index in [0.29, 0.717) is 12.4 Å². The van der Waals surface area contributed by atoms with Gasteiger partial charge in [-0.3, -0.25) is 0 Å². The van der Waals surface area contributed by atoms with Gasteiger partial charge in [-0.2, -0.15) is 0 Å². The van der Waals surface area contributed by atoms with Gasteiger partial charge in [0.15, 0.2) is 0 Å². The highest BCUT2D eigenvalue weighted by atomic mass is 19.1. The summed E-state index contributed by atoms with van der Waals surface area (Å²) in [5, 5.41) is 3.24. The summed E-state index contributed by atoms with van der Waals surface area (Å²) in [5.74, 6) is 0.321. The standard InChI is InChI=1S/C17H20FNO/c1-12-6-4-5-7-15(12)16(19-3)11-20-17-10-14(18)9-8-13(17)2/h4-10,16,19H,11H2,1-3H3. The average Bonchev–Trinajstić information content (AvgIpc) is 2.45. The van der Waals surface area contributed by atoms with Crippen LogP contribution in [0.25, 0.3) is 0 Å². The molecule has 1 atom stereocenters. The molecule has 1 N–H and O–H groups in total. The van der Waals surface area contributed by atoms with Crippen LogP contribution in [0.5, 0.6) is 5.75 Å². The second kappa shape index (κ2) is 6.53. The summed E-state index contributed by atoms with van der Waals surface area (Å²) in [4.78, 5) is 0. The van der Waals surface area contributed by atoms with Crippen molar-refractivity contribution in [2.45, 2.75) is 19.9 Å². The van der Waals surface area contributed by atoms with Gasteiger partial charge in [-0.15, -0.1) is 0 Å². The third-order valence-electron chi connectivity index (χ3n) is 3.47. The van der Waals surface area contributed by atoms with E-state index >= 15 is 0 Å². The van der Waals surface area contributed by atoms with Crippen molar-refractivity contribution in [3.05, 3.63) is 65.0 Å². The Morgan fingerprint density at radius 3 is 2.55 bits per heavy atom. The molecule has 0 aliphatic heterocycles. The number of nitrogens with one attached hydrogen (secondary N) is 1. The number of rotatable bonds is 5. The SMILES string of the molecule is CNC(COc1cc(F)ccc1C)c1ccccc1C. The molecule has 0 aromatic heterocycles. The molecule has 0 heterocycles. The fraction of sp³-hybridized carbons (Fsp3) is 0.294. The molecule has 0 spiro atoms. The smallest absolute Gasteiger partial charge is 0.126 e. The van der Waals surface area contributed by atoms with E-state index in [1.807, 2.05) is 26.1 Å². The molecule has 0 aliphatic rings. The van der Waals surface area contributed by atoms with Gasteiger partial charge in [0.25, 0.3) is 0 Å². The second-order valence-electron chi connectivity index (χ2n) is 4.92. The van der Waals surface area contributed by atoms with E-state index in [1.54, 1.807) is 6.07 Å². The van der Waals surface area contributed by atoms with Gasteiger partial charge in [0.2, 0.25) is 0 Å². The van der Waals surface area contributed by atoms with E-state index in [0.717, 1.165) is 5.56 Å². The van der Waals surface area contributed by atoms with Crippen LogP contribution in [0.3, 0.4) is 0 Å². The minimum absolute atomic E-state index is 0.0823. The molecule has 1 unspecified atom stereocenters. The fourth-order valence-corrected chi connectivity index (χ4v) is 2.21. The van der Waals surface area contributed by atoms with E-state index in [2.05, 4.69) is 24.4 Å². The molecule has 2 rings (SSSR count). The van der Waals surface area contributed by atoms with Gasteiger partial charge in [-0.1, -0.05) is 30.3 Å². The zero-order chi connectivity index (χ0) is 14.5. The number of aryl methyl sites for hydroxylation is 2. The lowest BCUT2D eigenvalue weighted by Crippen LogP contribution is -2.24. The third kappa shape index (κ3) is 3.36. The molecular weight excluding hydrogens is 253 g/mol. The van der Waals surface area contributed by atoms with Crippen LogP contribution in [0.1, 0.15) is 22.7 Å². The third-order valence-corrected chi connectivity index (χ3v) is 3.47. The van der Waals surface area contributed by atoms with Crippen LogP contribution in [0.15, 0.2) is 42.5 Å². The van der Waals surface area contributed by atoms with Crippen LogP contribution >= 0.6 is 0 Å². The quantitative estimate of drug-likeness (QED) is 0.895. The highest BCUT2D eigenvalue weighted by Crippen LogP contribution is 2.22. The van der Waals surface area contributed by atoms with Crippen LogP contribution < -0.4 is 10.1 Å². The zero-order valence-electron chi connectivity index (χ0n) is 12.1. The Morgan fingerprint density at radius 2 is 1.85 bits per heavy atom. The molecule has 2 nitrogen and oxygen atoms in total. The van der Waals surface area contributed by atoms with E-state index < -0.39 is 0 Å². The summed E-state index contributed by atoms with van der Waals surface area (Å²) in [5.41, 5.74) is 3.35. The number of likely N-dealkylation sites (N-methyl/N-ethyl adjacent to an activating group) is 1. The van der Waals surface area contributed by atoms with Gasteiger partial charge in [-0.05, 0) is 43.7 Å². The first kappa shape index (κ1) is 14.5. The van der Waals surface area contributed by atoms with Crippen molar-refractivity contribution < 1.29 is 9.13 Å². The first-order chi connectivity index (χ1) is 9.61. The summed E-state index contributed by atoms with van der Waals surface area (Å²) in [6.45, 7) is 4.45. The lowest BCUT2D eigenvalue weighted by Gasteiger charge is -2.20. The van der Waals surface area contributed by atoms with Crippen LogP contribution in [0.4, 0.5) is 4.39 Å². The number of ether oxygens (including phenoxy) is 1. The summed E-state index contributed by atoms with van der Waals surface area (Å²) < 4.78 is 19.0. The molecule has 0 bridgehead atoms. The maximum atomic E-state index is 13.2. The molecular formula is C17H20FNO. The Labute approximate surface area is 119 Å². The monoisotopic (exact) mass is 273 g/mol. The van der Waals surface area contributed by atoms with E-state index in [4.69, 9.17) is 4.74 Å². The Bertz CT molecular complexity index is 583. The van der Waals surface area contributed by atoms with E-state index in [9.17, 15) is 4.39 Å². The minimum atomic E-state index is -0.275. The first-order valence-corrected chi connectivity index (χ1v) is 6.73. The van der Waals surface area contributed by atoms with Crippen molar-refractivity contribution in [3.8, 4) is 5.75 Å². The van der Waals surface area contributed by atoms with Gasteiger partial charge < -0.3 is 10.1 Å². The summed E-state index contributed by atoms with van der Waals surface area (Å²) in [6.07, 6.45) is 0. The van der Waals surface area contributed by atoms with Gasteiger partial charge in [0.1, 0.15) is 18.2 Å². The lowest BCUT2D eigenvalue weighted by atomic mass is 10.0. The van der Waals surface area contributed by atoms with Crippen LogP contribution in [0, 0.1) is 19.7 Å². The number of hydrogen-bond acceptors (Lipinski definition) is 2. The molecule has 2 aromatic rings. The maximum Gasteiger partial charge on any atom is 0.126 e. The normalized spacial score (nSPS) is 12.2. The van der Waals surface area contributed by atoms with Crippen LogP contribution in [0.2, 0.25) is 0 Å². The highest BCUT2D eigenvalue weighted by Gasteiger charge is 2.13. The van der Waals surface area contributed by atoms with E-state index in [-0.39, 0.29) is 11.9 Å². The number of benzene rings is 2. The maximum absolute atomic E-state index is 13.2. The number of hydrogen-bond donors (Lipinski definition) is 1. The Kier molecular flexibility index (Phi) is 4.74. The molecule has 0 saturated heterocycles. The van der Waals surface area contributed by atoms with Crippen LogP contribution in [-0.2, 0) is 0 Å². The summed E-state index contributed by atoms with van der Waals surface area (Å²) in [7, 11) is 1.90. The molecule has 0 aliphatic carbocycles. The van der Waals surface area contributed by atoms with Crippen molar-refractivity contribution in [2.24, 2.45) is 0 Å². The highest BCUT2D eigenvalue weighted by molar-refractivity contribution is 5.33. The van der Waals surface area contributed by atoms with Crippen molar-refractivity contribution in [1.82, 2.24) is 5.32 Å². The fourth-order valence-electron chi connectivity index (χ4n) is 2.21. The molecule has 0 amide bonds. The van der Waals surface area contributed by atoms with Crippen LogP contribution in [-0.4, -0.2) is 13.7 Å². The van der Waals surface area contributed by atoms with Crippen molar-refractivity contribution in [1.29, 1.82) is 0 Å². The molecule has 106 valence electrons. The molecule has 0 saturated carbocycles. The van der Waals surface area contributed by atoms with Crippen molar-refractivity contribution in [2.75, 3.05) is 13.7 Å². The van der Waals surface area contributed by atoms with Crippen molar-refractivity contribution >= 4 is 0 Å². The molecule has 0 fully saturated rings. The molecule has 0 radical (unpaired) electrons. The summed E-state index contributed by atoms with van der Waals surface area (Å²) in [6, 6.07) is 12.9.